The Hall–Kier alpha value is -1.52. The molecular formula is C16H22ClN3O. The minimum absolute atomic E-state index is 0.0206. The Kier molecular flexibility index (Phi) is 5.65. The van der Waals surface area contributed by atoms with Crippen molar-refractivity contribution in [1.82, 2.24) is 4.90 Å². The van der Waals surface area contributed by atoms with Crippen LogP contribution in [0.1, 0.15) is 26.2 Å². The Labute approximate surface area is 130 Å². The van der Waals surface area contributed by atoms with Crippen LogP contribution in [0.2, 0.25) is 5.02 Å². The van der Waals surface area contributed by atoms with Crippen LogP contribution in [0.15, 0.2) is 29.8 Å². The van der Waals surface area contributed by atoms with Crippen LogP contribution in [-0.4, -0.2) is 30.4 Å². The molecule has 0 saturated heterocycles. The highest BCUT2D eigenvalue weighted by Crippen LogP contribution is 2.23. The molecule has 3 N–H and O–H groups in total. The second kappa shape index (κ2) is 7.48. The molecule has 1 aromatic rings. The molecule has 0 atom stereocenters. The molecule has 1 aromatic carbocycles. The van der Waals surface area contributed by atoms with Crippen LogP contribution in [0, 0.1) is 0 Å². The molecule has 0 saturated carbocycles. The van der Waals surface area contributed by atoms with E-state index < -0.39 is 0 Å². The Morgan fingerprint density at radius 2 is 2.29 bits per heavy atom. The maximum Gasteiger partial charge on any atom is 0.224 e. The molecule has 0 fully saturated rings. The van der Waals surface area contributed by atoms with Gasteiger partial charge in [0.2, 0.25) is 5.91 Å². The number of nitrogen functional groups attached to an aromatic ring is 1. The van der Waals surface area contributed by atoms with Gasteiger partial charge in [-0.3, -0.25) is 9.69 Å². The number of halogens is 1. The molecule has 0 radical (unpaired) electrons. The van der Waals surface area contributed by atoms with Crippen molar-refractivity contribution in [2.45, 2.75) is 26.2 Å². The number of benzene rings is 1. The summed E-state index contributed by atoms with van der Waals surface area (Å²) in [5, 5.41) is 3.38. The van der Waals surface area contributed by atoms with Gasteiger partial charge in [0.05, 0.1) is 11.4 Å². The van der Waals surface area contributed by atoms with Crippen LogP contribution in [0.4, 0.5) is 11.4 Å². The highest BCUT2D eigenvalue weighted by Gasteiger charge is 2.10. The van der Waals surface area contributed by atoms with Crippen molar-refractivity contribution >= 4 is 28.9 Å². The van der Waals surface area contributed by atoms with E-state index in [1.54, 1.807) is 18.2 Å². The number of nitrogens with one attached hydrogen (secondary N) is 1. The predicted octanol–water partition coefficient (Wildman–Crippen LogP) is 3.29. The van der Waals surface area contributed by atoms with Crippen molar-refractivity contribution in [3.8, 4) is 0 Å². The van der Waals surface area contributed by atoms with Crippen LogP contribution in [0.3, 0.4) is 0 Å². The van der Waals surface area contributed by atoms with Crippen LogP contribution in [0.25, 0.3) is 0 Å². The van der Waals surface area contributed by atoms with Crippen molar-refractivity contribution in [2.75, 3.05) is 30.7 Å². The van der Waals surface area contributed by atoms with Gasteiger partial charge >= 0.3 is 0 Å². The van der Waals surface area contributed by atoms with E-state index in [1.165, 1.54) is 5.57 Å². The second-order valence-corrected chi connectivity index (χ2v) is 5.92. The van der Waals surface area contributed by atoms with Crippen molar-refractivity contribution < 1.29 is 4.79 Å². The lowest BCUT2D eigenvalue weighted by Gasteiger charge is -2.24. The van der Waals surface area contributed by atoms with E-state index in [2.05, 4.69) is 23.2 Å². The Bertz CT molecular complexity index is 542. The number of amides is 1. The van der Waals surface area contributed by atoms with Crippen molar-refractivity contribution in [3.05, 3.63) is 34.9 Å². The minimum atomic E-state index is -0.0206. The van der Waals surface area contributed by atoms with Gasteiger partial charge in [-0.2, -0.15) is 0 Å². The number of carbonyl (C=O) groups excluding carboxylic acids is 1. The molecule has 1 amide bonds. The molecule has 0 bridgehead atoms. The Morgan fingerprint density at radius 3 is 3.00 bits per heavy atom. The molecule has 114 valence electrons. The van der Waals surface area contributed by atoms with Crippen LogP contribution >= 0.6 is 11.6 Å². The third-order valence-electron chi connectivity index (χ3n) is 3.69. The molecular weight excluding hydrogens is 286 g/mol. The second-order valence-electron chi connectivity index (χ2n) is 5.48. The van der Waals surface area contributed by atoms with Gasteiger partial charge in [0, 0.05) is 24.5 Å². The fourth-order valence-corrected chi connectivity index (χ4v) is 2.50. The lowest BCUT2D eigenvalue weighted by molar-refractivity contribution is -0.116. The predicted molar refractivity (Wildman–Crippen MR) is 88.5 cm³/mol. The quantitative estimate of drug-likeness (QED) is 0.648. The average molecular weight is 308 g/mol. The third kappa shape index (κ3) is 5.06. The highest BCUT2D eigenvalue weighted by molar-refractivity contribution is 6.31. The van der Waals surface area contributed by atoms with E-state index in [9.17, 15) is 4.79 Å². The van der Waals surface area contributed by atoms with Crippen LogP contribution in [0.5, 0.6) is 0 Å². The Morgan fingerprint density at radius 1 is 1.48 bits per heavy atom. The van der Waals surface area contributed by atoms with Crippen molar-refractivity contribution in [1.29, 1.82) is 0 Å². The summed E-state index contributed by atoms with van der Waals surface area (Å²) in [6.45, 7) is 5.20. The highest BCUT2D eigenvalue weighted by atomic mass is 35.5. The van der Waals surface area contributed by atoms with Gasteiger partial charge in [-0.25, -0.2) is 0 Å². The summed E-state index contributed by atoms with van der Waals surface area (Å²) in [4.78, 5) is 14.3. The number of rotatable bonds is 5. The smallest absolute Gasteiger partial charge is 0.224 e. The molecule has 1 aliphatic rings. The fraction of sp³-hybridized carbons (Fsp3) is 0.438. The van der Waals surface area contributed by atoms with E-state index >= 15 is 0 Å². The molecule has 0 aromatic heterocycles. The van der Waals surface area contributed by atoms with Gasteiger partial charge in [-0.1, -0.05) is 23.3 Å². The van der Waals surface area contributed by atoms with Gasteiger partial charge in [0.1, 0.15) is 0 Å². The maximum atomic E-state index is 11.9. The number of hydrogen-bond acceptors (Lipinski definition) is 3. The minimum Gasteiger partial charge on any atom is -0.397 e. The number of nitrogens with zero attached hydrogens (tertiary/aromatic N) is 1. The standard InChI is InChI=1S/C16H22ClN3O/c1-12-6-9-20(10-7-12)8-2-3-16(21)19-15-11-13(17)4-5-14(15)18/h4-6,11H,2-3,7-10,18H2,1H3,(H,19,21). The third-order valence-corrected chi connectivity index (χ3v) is 3.92. The summed E-state index contributed by atoms with van der Waals surface area (Å²) in [6.07, 6.45) is 4.73. The summed E-state index contributed by atoms with van der Waals surface area (Å²) in [6, 6.07) is 5.08. The molecule has 1 heterocycles. The zero-order valence-corrected chi connectivity index (χ0v) is 13.1. The number of nitrogens with two attached hydrogens (primary N) is 1. The van der Waals surface area contributed by atoms with Gasteiger partial charge in [0.15, 0.2) is 0 Å². The van der Waals surface area contributed by atoms with E-state index in [0.717, 1.165) is 32.5 Å². The largest absolute Gasteiger partial charge is 0.397 e. The fourth-order valence-electron chi connectivity index (χ4n) is 2.33. The van der Waals surface area contributed by atoms with E-state index in [0.29, 0.717) is 22.8 Å². The SMILES string of the molecule is CC1=CCN(CCCC(=O)Nc2cc(Cl)ccc2N)CC1. The molecule has 1 aliphatic heterocycles. The van der Waals surface area contributed by atoms with Gasteiger partial charge in [-0.05, 0) is 44.5 Å². The molecule has 21 heavy (non-hydrogen) atoms. The summed E-state index contributed by atoms with van der Waals surface area (Å²) >= 11 is 5.90. The van der Waals surface area contributed by atoms with Gasteiger partial charge in [0.25, 0.3) is 0 Å². The topological polar surface area (TPSA) is 58.4 Å². The Balaban J connectivity index is 1.74. The van der Waals surface area contributed by atoms with E-state index in [4.69, 9.17) is 17.3 Å². The zero-order valence-electron chi connectivity index (χ0n) is 12.4. The van der Waals surface area contributed by atoms with E-state index in [1.807, 2.05) is 0 Å². The first-order valence-corrected chi connectivity index (χ1v) is 7.65. The summed E-state index contributed by atoms with van der Waals surface area (Å²) in [5.41, 5.74) is 8.39. The monoisotopic (exact) mass is 307 g/mol. The first kappa shape index (κ1) is 15.9. The average Bonchev–Trinajstić information content (AvgIpc) is 2.45. The molecule has 0 unspecified atom stereocenters. The lowest BCUT2D eigenvalue weighted by Crippen LogP contribution is -2.30. The molecule has 2 rings (SSSR count). The molecule has 0 aliphatic carbocycles. The zero-order chi connectivity index (χ0) is 15.2. The van der Waals surface area contributed by atoms with Crippen molar-refractivity contribution in [2.24, 2.45) is 0 Å². The summed E-state index contributed by atoms with van der Waals surface area (Å²) < 4.78 is 0. The maximum absolute atomic E-state index is 11.9. The van der Waals surface area contributed by atoms with Crippen LogP contribution in [-0.2, 0) is 4.79 Å². The summed E-state index contributed by atoms with van der Waals surface area (Å²) in [5.74, 6) is -0.0206. The van der Waals surface area contributed by atoms with Crippen LogP contribution < -0.4 is 11.1 Å². The number of hydrogen-bond donors (Lipinski definition) is 2. The number of anilines is 2. The first-order chi connectivity index (χ1) is 10.0. The van der Waals surface area contributed by atoms with Crippen molar-refractivity contribution in [3.63, 3.8) is 0 Å². The molecule has 0 spiro atoms. The first-order valence-electron chi connectivity index (χ1n) is 7.27. The number of carbonyl (C=O) groups is 1. The van der Waals surface area contributed by atoms with Gasteiger partial charge in [-0.15, -0.1) is 0 Å². The van der Waals surface area contributed by atoms with E-state index in [-0.39, 0.29) is 5.91 Å². The normalized spacial score (nSPS) is 15.6. The lowest BCUT2D eigenvalue weighted by atomic mass is 10.1. The summed E-state index contributed by atoms with van der Waals surface area (Å²) in [7, 11) is 0. The van der Waals surface area contributed by atoms with Gasteiger partial charge < -0.3 is 11.1 Å². The molecule has 5 heteroatoms. The molecule has 4 nitrogen and oxygen atoms in total.